The zero-order valence-electron chi connectivity index (χ0n) is 10.8. The standard InChI is InChI=1S/C12H17F3N2OS/c1-8(5-10-3-4-19-6-10)17-9(2)11(18)16-7-12(13,14)15/h3-4,6,8-9,17H,5,7H2,1-2H3,(H,16,18). The molecular weight excluding hydrogens is 277 g/mol. The summed E-state index contributed by atoms with van der Waals surface area (Å²) < 4.78 is 35.9. The number of hydrogen-bond acceptors (Lipinski definition) is 3. The van der Waals surface area contributed by atoms with Crippen LogP contribution in [0.2, 0.25) is 0 Å². The Balaban J connectivity index is 2.33. The van der Waals surface area contributed by atoms with Gasteiger partial charge in [-0.05, 0) is 42.7 Å². The van der Waals surface area contributed by atoms with Crippen LogP contribution in [-0.2, 0) is 11.2 Å². The van der Waals surface area contributed by atoms with E-state index in [9.17, 15) is 18.0 Å². The third-order valence-electron chi connectivity index (χ3n) is 2.51. The molecule has 0 aliphatic heterocycles. The molecule has 1 heterocycles. The van der Waals surface area contributed by atoms with Gasteiger partial charge in [-0.25, -0.2) is 0 Å². The Morgan fingerprint density at radius 3 is 2.63 bits per heavy atom. The smallest absolute Gasteiger partial charge is 0.346 e. The van der Waals surface area contributed by atoms with Gasteiger partial charge in [0.05, 0.1) is 6.04 Å². The predicted molar refractivity (Wildman–Crippen MR) is 69.1 cm³/mol. The lowest BCUT2D eigenvalue weighted by atomic mass is 10.1. The Bertz CT molecular complexity index is 392. The van der Waals surface area contributed by atoms with Gasteiger partial charge in [0.15, 0.2) is 0 Å². The lowest BCUT2D eigenvalue weighted by molar-refractivity contribution is -0.139. The van der Waals surface area contributed by atoms with Crippen LogP contribution < -0.4 is 10.6 Å². The van der Waals surface area contributed by atoms with E-state index in [1.807, 2.05) is 29.1 Å². The first-order chi connectivity index (χ1) is 8.78. The SMILES string of the molecule is CC(Cc1ccsc1)NC(C)C(=O)NCC(F)(F)F. The Morgan fingerprint density at radius 1 is 1.42 bits per heavy atom. The number of carbonyl (C=O) groups excluding carboxylic acids is 1. The van der Waals surface area contributed by atoms with E-state index in [1.165, 1.54) is 0 Å². The zero-order valence-corrected chi connectivity index (χ0v) is 11.6. The average Bonchev–Trinajstić information content (AvgIpc) is 2.77. The highest BCUT2D eigenvalue weighted by molar-refractivity contribution is 7.07. The highest BCUT2D eigenvalue weighted by Gasteiger charge is 2.28. The van der Waals surface area contributed by atoms with Gasteiger partial charge in [0.2, 0.25) is 5.91 Å². The molecule has 0 bridgehead atoms. The lowest BCUT2D eigenvalue weighted by Crippen LogP contribution is -2.48. The molecule has 0 saturated carbocycles. The second-order valence-electron chi connectivity index (χ2n) is 4.46. The highest BCUT2D eigenvalue weighted by atomic mass is 32.1. The van der Waals surface area contributed by atoms with E-state index < -0.39 is 24.7 Å². The van der Waals surface area contributed by atoms with Crippen molar-refractivity contribution in [3.63, 3.8) is 0 Å². The third-order valence-corrected chi connectivity index (χ3v) is 3.24. The van der Waals surface area contributed by atoms with Crippen molar-refractivity contribution in [1.82, 2.24) is 10.6 Å². The molecule has 19 heavy (non-hydrogen) atoms. The molecule has 2 N–H and O–H groups in total. The summed E-state index contributed by atoms with van der Waals surface area (Å²) in [5.41, 5.74) is 1.15. The van der Waals surface area contributed by atoms with Crippen LogP contribution >= 0.6 is 11.3 Å². The van der Waals surface area contributed by atoms with Gasteiger partial charge in [-0.3, -0.25) is 4.79 Å². The van der Waals surface area contributed by atoms with Gasteiger partial charge in [-0.2, -0.15) is 24.5 Å². The minimum absolute atomic E-state index is 0.0150. The summed E-state index contributed by atoms with van der Waals surface area (Å²) in [5, 5.41) is 8.81. The van der Waals surface area contributed by atoms with E-state index in [-0.39, 0.29) is 6.04 Å². The Kier molecular flexibility index (Phi) is 5.81. The summed E-state index contributed by atoms with van der Waals surface area (Å²) in [4.78, 5) is 11.5. The first-order valence-electron chi connectivity index (χ1n) is 5.89. The van der Waals surface area contributed by atoms with Crippen molar-refractivity contribution in [2.45, 2.75) is 38.5 Å². The molecule has 108 valence electrons. The van der Waals surface area contributed by atoms with Crippen LogP contribution in [0, 0.1) is 0 Å². The molecule has 2 unspecified atom stereocenters. The first kappa shape index (κ1) is 16.0. The highest BCUT2D eigenvalue weighted by Crippen LogP contribution is 2.12. The summed E-state index contributed by atoms with van der Waals surface area (Å²) in [7, 11) is 0. The van der Waals surface area contributed by atoms with Crippen LogP contribution in [0.25, 0.3) is 0 Å². The van der Waals surface area contributed by atoms with E-state index in [1.54, 1.807) is 18.3 Å². The van der Waals surface area contributed by atoms with Crippen LogP contribution in [0.4, 0.5) is 13.2 Å². The molecule has 2 atom stereocenters. The molecule has 0 aliphatic rings. The molecule has 0 radical (unpaired) electrons. The van der Waals surface area contributed by atoms with Gasteiger partial charge in [0.25, 0.3) is 0 Å². The van der Waals surface area contributed by atoms with Crippen molar-refractivity contribution < 1.29 is 18.0 Å². The summed E-state index contributed by atoms with van der Waals surface area (Å²) in [6, 6.07) is 1.34. The molecule has 0 aromatic carbocycles. The molecule has 1 aromatic heterocycles. The van der Waals surface area contributed by atoms with E-state index >= 15 is 0 Å². The van der Waals surface area contributed by atoms with Gasteiger partial charge in [-0.15, -0.1) is 0 Å². The number of halogens is 3. The van der Waals surface area contributed by atoms with Crippen LogP contribution in [0.1, 0.15) is 19.4 Å². The Labute approximate surface area is 114 Å². The molecule has 0 saturated heterocycles. The summed E-state index contributed by atoms with van der Waals surface area (Å²) >= 11 is 1.59. The van der Waals surface area contributed by atoms with E-state index in [0.717, 1.165) is 12.0 Å². The monoisotopic (exact) mass is 294 g/mol. The number of carbonyl (C=O) groups is 1. The Hall–Kier alpha value is -1.08. The number of nitrogens with one attached hydrogen (secondary N) is 2. The number of rotatable bonds is 6. The van der Waals surface area contributed by atoms with Gasteiger partial charge in [-0.1, -0.05) is 0 Å². The zero-order chi connectivity index (χ0) is 14.5. The molecule has 7 heteroatoms. The van der Waals surface area contributed by atoms with Crippen LogP contribution in [0.3, 0.4) is 0 Å². The summed E-state index contributed by atoms with van der Waals surface area (Å²) in [6.07, 6.45) is -3.64. The largest absolute Gasteiger partial charge is 0.405 e. The third kappa shape index (κ3) is 6.58. The predicted octanol–water partition coefficient (Wildman–Crippen LogP) is 2.34. The molecular formula is C12H17F3N2OS. The number of hydrogen-bond donors (Lipinski definition) is 2. The van der Waals surface area contributed by atoms with Crippen molar-refractivity contribution >= 4 is 17.2 Å². The fraction of sp³-hybridized carbons (Fsp3) is 0.583. The van der Waals surface area contributed by atoms with Crippen molar-refractivity contribution in [2.75, 3.05) is 6.54 Å². The van der Waals surface area contributed by atoms with Crippen molar-refractivity contribution in [1.29, 1.82) is 0 Å². The summed E-state index contributed by atoms with van der Waals surface area (Å²) in [5.74, 6) is -0.644. The number of thiophene rings is 1. The lowest BCUT2D eigenvalue weighted by Gasteiger charge is -2.19. The molecule has 1 amide bonds. The second kappa shape index (κ2) is 6.91. The number of alkyl halides is 3. The topological polar surface area (TPSA) is 41.1 Å². The van der Waals surface area contributed by atoms with Crippen LogP contribution in [-0.4, -0.2) is 30.7 Å². The van der Waals surface area contributed by atoms with Crippen LogP contribution in [0.5, 0.6) is 0 Å². The maximum absolute atomic E-state index is 12.0. The fourth-order valence-electron chi connectivity index (χ4n) is 1.66. The average molecular weight is 294 g/mol. The van der Waals surface area contributed by atoms with Gasteiger partial charge >= 0.3 is 6.18 Å². The molecule has 0 fully saturated rings. The van der Waals surface area contributed by atoms with E-state index in [0.29, 0.717) is 0 Å². The maximum atomic E-state index is 12.0. The maximum Gasteiger partial charge on any atom is 0.405 e. The summed E-state index contributed by atoms with van der Waals surface area (Å²) in [6.45, 7) is 2.15. The van der Waals surface area contributed by atoms with E-state index in [2.05, 4.69) is 5.32 Å². The van der Waals surface area contributed by atoms with Gasteiger partial charge in [0, 0.05) is 6.04 Å². The van der Waals surface area contributed by atoms with Crippen molar-refractivity contribution in [2.24, 2.45) is 0 Å². The quantitative estimate of drug-likeness (QED) is 0.845. The normalized spacial score (nSPS) is 15.0. The molecule has 3 nitrogen and oxygen atoms in total. The first-order valence-corrected chi connectivity index (χ1v) is 6.84. The second-order valence-corrected chi connectivity index (χ2v) is 5.24. The number of amides is 1. The van der Waals surface area contributed by atoms with Crippen LogP contribution in [0.15, 0.2) is 16.8 Å². The molecule has 1 aromatic rings. The minimum Gasteiger partial charge on any atom is -0.346 e. The van der Waals surface area contributed by atoms with E-state index in [4.69, 9.17) is 0 Å². The van der Waals surface area contributed by atoms with Crippen molar-refractivity contribution in [3.05, 3.63) is 22.4 Å². The minimum atomic E-state index is -4.38. The molecule has 1 rings (SSSR count). The fourth-order valence-corrected chi connectivity index (χ4v) is 2.35. The Morgan fingerprint density at radius 2 is 2.11 bits per heavy atom. The molecule has 0 aliphatic carbocycles. The van der Waals surface area contributed by atoms with Gasteiger partial charge in [0.1, 0.15) is 6.54 Å². The molecule has 0 spiro atoms. The van der Waals surface area contributed by atoms with Gasteiger partial charge < -0.3 is 10.6 Å². The van der Waals surface area contributed by atoms with Crippen molar-refractivity contribution in [3.8, 4) is 0 Å².